The lowest BCUT2D eigenvalue weighted by molar-refractivity contribution is -0.148. The van der Waals surface area contributed by atoms with E-state index in [1.165, 1.54) is 5.06 Å². The normalized spacial score (nSPS) is 22.3. The molecule has 0 aromatic carbocycles. The predicted octanol–water partition coefficient (Wildman–Crippen LogP) is 0.481. The molecule has 1 amide bonds. The molecule has 0 unspecified atom stereocenters. The first-order chi connectivity index (χ1) is 5.27. The Kier molecular flexibility index (Phi) is 1.61. The summed E-state index contributed by atoms with van der Waals surface area (Å²) in [7, 11) is 0. The van der Waals surface area contributed by atoms with E-state index >= 15 is 0 Å². The van der Waals surface area contributed by atoms with Gasteiger partial charge in [0.2, 0.25) is 0 Å². The highest BCUT2D eigenvalue weighted by Crippen LogP contribution is 2.22. The van der Waals surface area contributed by atoms with E-state index in [0.29, 0.717) is 12.2 Å². The highest BCUT2D eigenvalue weighted by molar-refractivity contribution is 14.1. The maximum atomic E-state index is 11.0. The molecule has 0 bridgehead atoms. The van der Waals surface area contributed by atoms with Gasteiger partial charge in [-0.25, -0.2) is 10.5 Å². The van der Waals surface area contributed by atoms with Gasteiger partial charge >= 0.3 is 0 Å². The van der Waals surface area contributed by atoms with Crippen molar-refractivity contribution in [1.29, 1.82) is 0 Å². The molecule has 4 nitrogen and oxygen atoms in total. The van der Waals surface area contributed by atoms with E-state index in [4.69, 9.17) is 4.94 Å². The molecule has 1 saturated heterocycles. The zero-order valence-corrected chi connectivity index (χ0v) is 7.66. The van der Waals surface area contributed by atoms with Crippen molar-refractivity contribution in [2.24, 2.45) is 0 Å². The second-order valence-electron chi connectivity index (χ2n) is 2.20. The summed E-state index contributed by atoms with van der Waals surface area (Å²) in [5.41, 5.74) is 2.84. The van der Waals surface area contributed by atoms with Crippen molar-refractivity contribution >= 4 is 28.5 Å². The Labute approximate surface area is 76.9 Å². The van der Waals surface area contributed by atoms with Gasteiger partial charge in [-0.1, -0.05) is 0 Å². The van der Waals surface area contributed by atoms with Crippen LogP contribution in [0.1, 0.15) is 0 Å². The highest BCUT2D eigenvalue weighted by atomic mass is 127. The lowest BCUT2D eigenvalue weighted by atomic mass is 10.3. The Morgan fingerprint density at radius 1 is 1.73 bits per heavy atom. The molecule has 2 aliphatic rings. The molecule has 2 aliphatic heterocycles. The number of hydroxylamine groups is 3. The van der Waals surface area contributed by atoms with Crippen LogP contribution < -0.4 is 5.48 Å². The summed E-state index contributed by atoms with van der Waals surface area (Å²) in [6.07, 6.45) is 3.76. The number of allylic oxidation sites excluding steroid dienone is 2. The zero-order chi connectivity index (χ0) is 7.84. The maximum Gasteiger partial charge on any atom is 0.295 e. The van der Waals surface area contributed by atoms with E-state index in [1.54, 1.807) is 6.08 Å². The van der Waals surface area contributed by atoms with Crippen molar-refractivity contribution in [3.05, 3.63) is 21.4 Å². The fourth-order valence-corrected chi connectivity index (χ4v) is 1.44. The number of nitrogens with one attached hydrogen (secondary N) is 1. The average molecular weight is 264 g/mol. The first kappa shape index (κ1) is 7.11. The van der Waals surface area contributed by atoms with Crippen molar-refractivity contribution in [3.63, 3.8) is 0 Å². The third kappa shape index (κ3) is 1.14. The molecule has 5 heteroatoms. The Morgan fingerprint density at radius 3 is 3.36 bits per heavy atom. The van der Waals surface area contributed by atoms with Crippen molar-refractivity contribution in [3.8, 4) is 0 Å². The first-order valence-electron chi connectivity index (χ1n) is 3.09. The molecule has 0 atom stereocenters. The zero-order valence-electron chi connectivity index (χ0n) is 5.50. The minimum absolute atomic E-state index is 0.174. The van der Waals surface area contributed by atoms with Gasteiger partial charge in [-0.15, -0.1) is 0 Å². The van der Waals surface area contributed by atoms with E-state index in [2.05, 4.69) is 28.1 Å². The molecule has 0 spiro atoms. The second-order valence-corrected chi connectivity index (χ2v) is 3.45. The number of hydrogen-bond donors (Lipinski definition) is 1. The summed E-state index contributed by atoms with van der Waals surface area (Å²) in [6.45, 7) is 0.628. The molecule has 1 fully saturated rings. The summed E-state index contributed by atoms with van der Waals surface area (Å²) in [4.78, 5) is 15.8. The predicted molar refractivity (Wildman–Crippen MR) is 46.1 cm³/mol. The van der Waals surface area contributed by atoms with Gasteiger partial charge in [0.25, 0.3) is 5.91 Å². The van der Waals surface area contributed by atoms with Crippen LogP contribution in [0.15, 0.2) is 21.4 Å². The summed E-state index contributed by atoms with van der Waals surface area (Å²) in [5, 5.41) is 1.52. The lowest BCUT2D eigenvalue weighted by Crippen LogP contribution is -2.20. The van der Waals surface area contributed by atoms with Gasteiger partial charge in [-0.3, -0.25) is 4.79 Å². The van der Waals surface area contributed by atoms with Gasteiger partial charge in [0.15, 0.2) is 0 Å². The van der Waals surface area contributed by atoms with Gasteiger partial charge in [0.1, 0.15) is 5.70 Å². The largest absolute Gasteiger partial charge is 0.295 e. The monoisotopic (exact) mass is 264 g/mol. The molecule has 2 heterocycles. The molecular formula is C6H5IN2O2. The van der Waals surface area contributed by atoms with E-state index in [0.717, 1.165) is 3.58 Å². The molecule has 11 heavy (non-hydrogen) atoms. The van der Waals surface area contributed by atoms with E-state index in [-0.39, 0.29) is 5.91 Å². The summed E-state index contributed by atoms with van der Waals surface area (Å²) in [6, 6.07) is 0. The van der Waals surface area contributed by atoms with Gasteiger partial charge in [-0.05, 0) is 34.7 Å². The Hall–Kier alpha value is -0.560. The third-order valence-electron chi connectivity index (χ3n) is 1.48. The Morgan fingerprint density at radius 2 is 2.55 bits per heavy atom. The van der Waals surface area contributed by atoms with Crippen LogP contribution in [0, 0.1) is 0 Å². The number of fused-ring (bicyclic) bond motifs is 1. The molecule has 0 radical (unpaired) electrons. The average Bonchev–Trinajstić information content (AvgIpc) is 2.33. The first-order valence-corrected chi connectivity index (χ1v) is 4.17. The minimum Gasteiger partial charge on any atom is -0.265 e. The van der Waals surface area contributed by atoms with Crippen LogP contribution in [-0.4, -0.2) is 17.5 Å². The van der Waals surface area contributed by atoms with Crippen molar-refractivity contribution in [1.82, 2.24) is 10.5 Å². The summed E-state index contributed by atoms with van der Waals surface area (Å²) < 4.78 is 1.06. The minimum atomic E-state index is -0.174. The number of hydrogen-bond acceptors (Lipinski definition) is 3. The molecule has 58 valence electrons. The van der Waals surface area contributed by atoms with Crippen LogP contribution in [0.3, 0.4) is 0 Å². The lowest BCUT2D eigenvalue weighted by Gasteiger charge is -2.15. The molecule has 0 saturated carbocycles. The van der Waals surface area contributed by atoms with E-state index in [1.807, 2.05) is 6.08 Å². The van der Waals surface area contributed by atoms with Crippen molar-refractivity contribution in [2.75, 3.05) is 6.54 Å². The SMILES string of the molecule is O=C1NON2CC=C(I)C=C12. The Bertz CT molecular complexity index is 272. The smallest absolute Gasteiger partial charge is 0.265 e. The molecular weight excluding hydrogens is 259 g/mol. The van der Waals surface area contributed by atoms with Gasteiger partial charge < -0.3 is 0 Å². The number of amides is 1. The van der Waals surface area contributed by atoms with Gasteiger partial charge in [0, 0.05) is 3.58 Å². The molecule has 0 aliphatic carbocycles. The summed E-state index contributed by atoms with van der Waals surface area (Å²) >= 11 is 2.17. The van der Waals surface area contributed by atoms with Crippen LogP contribution in [-0.2, 0) is 9.73 Å². The van der Waals surface area contributed by atoms with Crippen molar-refractivity contribution in [2.45, 2.75) is 0 Å². The second kappa shape index (κ2) is 2.49. The number of rotatable bonds is 0. The number of carbonyl (C=O) groups excluding carboxylic acids is 1. The van der Waals surface area contributed by atoms with Gasteiger partial charge in [-0.2, -0.15) is 4.94 Å². The van der Waals surface area contributed by atoms with Crippen LogP contribution >= 0.6 is 22.6 Å². The molecule has 0 aromatic rings. The fourth-order valence-electron chi connectivity index (χ4n) is 0.944. The molecule has 0 aromatic heterocycles. The maximum absolute atomic E-state index is 11.0. The molecule has 2 rings (SSSR count). The Balaban J connectivity index is 2.34. The van der Waals surface area contributed by atoms with Crippen LogP contribution in [0.5, 0.6) is 0 Å². The summed E-state index contributed by atoms with van der Waals surface area (Å²) in [5.74, 6) is -0.174. The quantitative estimate of drug-likeness (QED) is 0.647. The van der Waals surface area contributed by atoms with E-state index < -0.39 is 0 Å². The van der Waals surface area contributed by atoms with Gasteiger partial charge in [0.05, 0.1) is 6.54 Å². The van der Waals surface area contributed by atoms with Crippen molar-refractivity contribution < 1.29 is 9.73 Å². The third-order valence-corrected chi connectivity index (χ3v) is 2.23. The van der Waals surface area contributed by atoms with E-state index in [9.17, 15) is 4.79 Å². The number of halogens is 1. The standard InChI is InChI=1S/C6H5IN2O2/c7-4-1-2-9-5(3-4)6(10)8-11-9/h1,3H,2H2,(H,8,10). The fraction of sp³-hybridized carbons (Fsp3) is 0.167. The van der Waals surface area contributed by atoms with Crippen LogP contribution in [0.4, 0.5) is 0 Å². The topological polar surface area (TPSA) is 41.6 Å². The van der Waals surface area contributed by atoms with Crippen LogP contribution in [0.2, 0.25) is 0 Å². The van der Waals surface area contributed by atoms with Crippen LogP contribution in [0.25, 0.3) is 0 Å². The highest BCUT2D eigenvalue weighted by Gasteiger charge is 2.27. The number of carbonyl (C=O) groups is 1. The number of nitrogens with zero attached hydrogens (tertiary/aromatic N) is 1. The molecule has 1 N–H and O–H groups in total.